The summed E-state index contributed by atoms with van der Waals surface area (Å²) in [4.78, 5) is 18.8. The van der Waals surface area contributed by atoms with Gasteiger partial charge in [0.1, 0.15) is 0 Å². The molecule has 1 aromatic heterocycles. The number of aromatic nitrogens is 1. The Balaban J connectivity index is 2.21. The van der Waals surface area contributed by atoms with Crippen LogP contribution in [-0.4, -0.2) is 41.0 Å². The molecule has 2 rings (SSSR count). The molecular formula is C16H25N3O. The van der Waals surface area contributed by atoms with Crippen molar-refractivity contribution in [3.8, 4) is 0 Å². The highest BCUT2D eigenvalue weighted by molar-refractivity contribution is 5.94. The van der Waals surface area contributed by atoms with E-state index in [4.69, 9.17) is 0 Å². The van der Waals surface area contributed by atoms with Gasteiger partial charge in [-0.15, -0.1) is 0 Å². The van der Waals surface area contributed by atoms with Crippen molar-refractivity contribution in [2.45, 2.75) is 39.8 Å². The van der Waals surface area contributed by atoms with Crippen molar-refractivity contribution in [3.05, 3.63) is 30.1 Å². The third-order valence-corrected chi connectivity index (χ3v) is 4.15. The van der Waals surface area contributed by atoms with E-state index >= 15 is 0 Å². The number of hydrogen-bond acceptors (Lipinski definition) is 3. The lowest BCUT2D eigenvalue weighted by molar-refractivity contribution is 0.0475. The number of hydrogen-bond donors (Lipinski definition) is 1. The van der Waals surface area contributed by atoms with Gasteiger partial charge in [0.05, 0.1) is 0 Å². The van der Waals surface area contributed by atoms with E-state index in [1.807, 2.05) is 4.90 Å². The third-order valence-electron chi connectivity index (χ3n) is 4.15. The van der Waals surface area contributed by atoms with E-state index in [0.717, 1.165) is 18.7 Å². The van der Waals surface area contributed by atoms with Crippen molar-refractivity contribution < 1.29 is 4.79 Å². The van der Waals surface area contributed by atoms with E-state index in [1.54, 1.807) is 24.5 Å². The zero-order valence-electron chi connectivity index (χ0n) is 12.8. The Bertz CT molecular complexity index is 444. The molecule has 0 aliphatic carbocycles. The average Bonchev–Trinajstić information content (AvgIpc) is 2.46. The highest BCUT2D eigenvalue weighted by Crippen LogP contribution is 2.20. The van der Waals surface area contributed by atoms with Crippen molar-refractivity contribution in [2.75, 3.05) is 13.1 Å². The van der Waals surface area contributed by atoms with E-state index in [9.17, 15) is 4.79 Å². The number of nitrogens with one attached hydrogen (secondary N) is 1. The molecule has 4 heteroatoms. The van der Waals surface area contributed by atoms with Crippen LogP contribution in [0, 0.1) is 11.8 Å². The van der Waals surface area contributed by atoms with E-state index < -0.39 is 0 Å². The predicted molar refractivity (Wildman–Crippen MR) is 80.5 cm³/mol. The van der Waals surface area contributed by atoms with Gasteiger partial charge in [-0.3, -0.25) is 9.78 Å². The van der Waals surface area contributed by atoms with Crippen LogP contribution in [0.4, 0.5) is 0 Å². The highest BCUT2D eigenvalue weighted by atomic mass is 16.2. The summed E-state index contributed by atoms with van der Waals surface area (Å²) in [6.07, 6.45) is 3.36. The second kappa shape index (κ2) is 6.35. The quantitative estimate of drug-likeness (QED) is 0.919. The molecule has 0 spiro atoms. The van der Waals surface area contributed by atoms with Crippen LogP contribution in [-0.2, 0) is 0 Å². The van der Waals surface area contributed by atoms with Gasteiger partial charge < -0.3 is 10.2 Å². The summed E-state index contributed by atoms with van der Waals surface area (Å²) in [5, 5.41) is 3.58. The van der Waals surface area contributed by atoms with Crippen molar-refractivity contribution >= 4 is 5.91 Å². The zero-order valence-corrected chi connectivity index (χ0v) is 12.8. The Hall–Kier alpha value is -1.42. The fourth-order valence-corrected chi connectivity index (χ4v) is 2.73. The maximum Gasteiger partial charge on any atom is 0.254 e. The van der Waals surface area contributed by atoms with Crippen LogP contribution in [0.2, 0.25) is 0 Å². The molecular weight excluding hydrogens is 250 g/mol. The standard InChI is InChI=1S/C16H25N3O/c1-11(2)14-10-19(15(9-18-14)12(3)4)16(20)13-5-7-17-8-6-13/h5-8,11-12,14-15,18H,9-10H2,1-4H3. The zero-order chi connectivity index (χ0) is 14.7. The first-order valence-electron chi connectivity index (χ1n) is 7.45. The first kappa shape index (κ1) is 15.0. The number of amides is 1. The summed E-state index contributed by atoms with van der Waals surface area (Å²) < 4.78 is 0. The third kappa shape index (κ3) is 3.18. The summed E-state index contributed by atoms with van der Waals surface area (Å²) in [6.45, 7) is 10.4. The number of pyridine rings is 1. The van der Waals surface area contributed by atoms with Gasteiger partial charge in [-0.25, -0.2) is 0 Å². The minimum Gasteiger partial charge on any atom is -0.333 e. The number of carbonyl (C=O) groups is 1. The number of carbonyl (C=O) groups excluding carboxylic acids is 1. The molecule has 0 bridgehead atoms. The van der Waals surface area contributed by atoms with Gasteiger partial charge in [0, 0.05) is 43.1 Å². The first-order valence-corrected chi connectivity index (χ1v) is 7.45. The molecule has 4 nitrogen and oxygen atoms in total. The van der Waals surface area contributed by atoms with Crippen molar-refractivity contribution in [3.63, 3.8) is 0 Å². The summed E-state index contributed by atoms with van der Waals surface area (Å²) in [5.41, 5.74) is 0.732. The average molecular weight is 275 g/mol. The van der Waals surface area contributed by atoms with Crippen LogP contribution in [0.1, 0.15) is 38.1 Å². The normalized spacial score (nSPS) is 23.4. The molecule has 0 radical (unpaired) electrons. The van der Waals surface area contributed by atoms with Gasteiger partial charge in [-0.05, 0) is 24.0 Å². The Morgan fingerprint density at radius 2 is 1.90 bits per heavy atom. The van der Waals surface area contributed by atoms with Crippen LogP contribution in [0.25, 0.3) is 0 Å². The van der Waals surface area contributed by atoms with Gasteiger partial charge in [-0.2, -0.15) is 0 Å². The second-order valence-electron chi connectivity index (χ2n) is 6.26. The molecule has 0 aromatic carbocycles. The van der Waals surface area contributed by atoms with Gasteiger partial charge in [0.25, 0.3) is 5.91 Å². The maximum atomic E-state index is 12.8. The lowest BCUT2D eigenvalue weighted by Crippen LogP contribution is -2.61. The largest absolute Gasteiger partial charge is 0.333 e. The predicted octanol–water partition coefficient (Wildman–Crippen LogP) is 2.18. The number of rotatable bonds is 3. The molecule has 1 aliphatic heterocycles. The van der Waals surface area contributed by atoms with E-state index in [0.29, 0.717) is 17.9 Å². The molecule has 20 heavy (non-hydrogen) atoms. The van der Waals surface area contributed by atoms with E-state index in [2.05, 4.69) is 38.0 Å². The van der Waals surface area contributed by atoms with E-state index in [1.165, 1.54) is 0 Å². The van der Waals surface area contributed by atoms with Gasteiger partial charge >= 0.3 is 0 Å². The minimum atomic E-state index is 0.123. The fourth-order valence-electron chi connectivity index (χ4n) is 2.73. The van der Waals surface area contributed by atoms with Crippen LogP contribution in [0.5, 0.6) is 0 Å². The fraction of sp³-hybridized carbons (Fsp3) is 0.625. The molecule has 1 amide bonds. The Morgan fingerprint density at radius 1 is 1.25 bits per heavy atom. The van der Waals surface area contributed by atoms with Gasteiger partial charge in [0.2, 0.25) is 0 Å². The molecule has 1 aromatic rings. The summed E-state index contributed by atoms with van der Waals surface area (Å²) in [7, 11) is 0. The molecule has 2 unspecified atom stereocenters. The summed E-state index contributed by atoms with van der Waals surface area (Å²) in [5.74, 6) is 1.09. The lowest BCUT2D eigenvalue weighted by Gasteiger charge is -2.43. The number of nitrogens with zero attached hydrogens (tertiary/aromatic N) is 2. The lowest BCUT2D eigenvalue weighted by atomic mass is 9.93. The second-order valence-corrected chi connectivity index (χ2v) is 6.26. The highest BCUT2D eigenvalue weighted by Gasteiger charge is 2.34. The van der Waals surface area contributed by atoms with Crippen molar-refractivity contribution in [2.24, 2.45) is 11.8 Å². The Morgan fingerprint density at radius 3 is 2.45 bits per heavy atom. The van der Waals surface area contributed by atoms with Gasteiger partial charge in [0.15, 0.2) is 0 Å². The van der Waals surface area contributed by atoms with E-state index in [-0.39, 0.29) is 11.9 Å². The Labute approximate surface area is 121 Å². The van der Waals surface area contributed by atoms with Crippen LogP contribution in [0.3, 0.4) is 0 Å². The minimum absolute atomic E-state index is 0.123. The smallest absolute Gasteiger partial charge is 0.254 e. The molecule has 1 aliphatic rings. The molecule has 1 fully saturated rings. The van der Waals surface area contributed by atoms with Crippen LogP contribution < -0.4 is 5.32 Å². The van der Waals surface area contributed by atoms with Crippen LogP contribution >= 0.6 is 0 Å². The molecule has 1 saturated heterocycles. The van der Waals surface area contributed by atoms with Crippen molar-refractivity contribution in [1.29, 1.82) is 0 Å². The monoisotopic (exact) mass is 275 g/mol. The molecule has 2 heterocycles. The summed E-state index contributed by atoms with van der Waals surface area (Å²) in [6, 6.07) is 4.22. The SMILES string of the molecule is CC(C)C1CN(C(=O)c2ccncc2)C(C(C)C)CN1. The molecule has 1 N–H and O–H groups in total. The molecule has 0 saturated carbocycles. The molecule has 2 atom stereocenters. The molecule has 110 valence electrons. The maximum absolute atomic E-state index is 12.8. The summed E-state index contributed by atoms with van der Waals surface area (Å²) >= 11 is 0. The van der Waals surface area contributed by atoms with Crippen LogP contribution in [0.15, 0.2) is 24.5 Å². The first-order chi connectivity index (χ1) is 9.50. The topological polar surface area (TPSA) is 45.2 Å². The van der Waals surface area contributed by atoms with Crippen molar-refractivity contribution in [1.82, 2.24) is 15.2 Å². The van der Waals surface area contributed by atoms with Gasteiger partial charge in [-0.1, -0.05) is 27.7 Å². The Kier molecular flexibility index (Phi) is 4.76. The number of piperazine rings is 1.